The van der Waals surface area contributed by atoms with Gasteiger partial charge in [0.05, 0.1) is 0 Å². The maximum atomic E-state index is 4.48. The van der Waals surface area contributed by atoms with Gasteiger partial charge in [0, 0.05) is 12.4 Å². The molecule has 0 aromatic carbocycles. The van der Waals surface area contributed by atoms with Crippen molar-refractivity contribution in [3.63, 3.8) is 0 Å². The van der Waals surface area contributed by atoms with E-state index in [1.54, 1.807) is 0 Å². The Labute approximate surface area is 110 Å². The van der Waals surface area contributed by atoms with Crippen LogP contribution in [0.15, 0.2) is 46.7 Å². The molecule has 0 bridgehead atoms. The van der Waals surface area contributed by atoms with Gasteiger partial charge in [-0.1, -0.05) is 26.0 Å². The molecule has 17 heavy (non-hydrogen) atoms. The quantitative estimate of drug-likeness (QED) is 0.559. The van der Waals surface area contributed by atoms with Crippen molar-refractivity contribution in [2.45, 2.75) is 27.7 Å². The van der Waals surface area contributed by atoms with Gasteiger partial charge in [0.15, 0.2) is 0 Å². The summed E-state index contributed by atoms with van der Waals surface area (Å²) in [4.78, 5) is 4.16. The third kappa shape index (κ3) is 4.70. The van der Waals surface area contributed by atoms with E-state index in [9.17, 15) is 0 Å². The lowest BCUT2D eigenvalue weighted by Crippen LogP contribution is -1.87. The van der Waals surface area contributed by atoms with Crippen LogP contribution in [0.5, 0.6) is 0 Å². The van der Waals surface area contributed by atoms with Crippen LogP contribution in [0.4, 0.5) is 0 Å². The van der Waals surface area contributed by atoms with Crippen LogP contribution in [0.25, 0.3) is 6.08 Å². The van der Waals surface area contributed by atoms with E-state index in [0.29, 0.717) is 5.92 Å². The first-order valence-electron chi connectivity index (χ1n) is 5.89. The number of thiol groups is 1. The van der Waals surface area contributed by atoms with Crippen LogP contribution in [-0.4, -0.2) is 4.98 Å². The molecule has 92 valence electrons. The zero-order valence-electron chi connectivity index (χ0n) is 11.0. The Balaban J connectivity index is 2.80. The molecule has 0 atom stereocenters. The van der Waals surface area contributed by atoms with Gasteiger partial charge < -0.3 is 4.98 Å². The fourth-order valence-electron chi connectivity index (χ4n) is 1.30. The molecule has 1 aromatic heterocycles. The largest absolute Gasteiger partial charge is 0.367 e. The molecule has 0 unspecified atom stereocenters. The van der Waals surface area contributed by atoms with E-state index < -0.39 is 0 Å². The third-order valence-corrected chi connectivity index (χ3v) is 3.37. The van der Waals surface area contributed by atoms with Crippen molar-refractivity contribution < 1.29 is 0 Å². The van der Waals surface area contributed by atoms with Gasteiger partial charge in [0.1, 0.15) is 0 Å². The molecule has 2 heteroatoms. The van der Waals surface area contributed by atoms with Crippen molar-refractivity contribution in [3.05, 3.63) is 52.2 Å². The lowest BCUT2D eigenvalue weighted by atomic mass is 10.1. The highest BCUT2D eigenvalue weighted by atomic mass is 32.1. The van der Waals surface area contributed by atoms with Crippen LogP contribution in [0.3, 0.4) is 0 Å². The summed E-state index contributed by atoms with van der Waals surface area (Å²) in [6.45, 7) is 8.54. The molecular formula is C15H21NS. The number of rotatable bonds is 4. The van der Waals surface area contributed by atoms with E-state index in [1.807, 2.05) is 18.5 Å². The van der Waals surface area contributed by atoms with Crippen LogP contribution in [-0.2, 0) is 0 Å². The molecule has 1 nitrogen and oxygen atoms in total. The first-order chi connectivity index (χ1) is 8.00. The Bertz CT molecular complexity index is 433. The van der Waals surface area contributed by atoms with E-state index in [2.05, 4.69) is 63.5 Å². The highest BCUT2D eigenvalue weighted by molar-refractivity contribution is 7.84. The standard InChI is InChI=1S/C15H21NS/c1-11(2)15(17)9-13(4)12(3)5-6-14-7-8-16-10-14/h5-11,16-17H,1-4H3/b6-5-,13-12+,15-9-. The van der Waals surface area contributed by atoms with Crippen molar-refractivity contribution in [2.75, 3.05) is 0 Å². The van der Waals surface area contributed by atoms with Crippen molar-refractivity contribution >= 4 is 18.7 Å². The fourth-order valence-corrected chi connectivity index (χ4v) is 1.49. The predicted molar refractivity (Wildman–Crippen MR) is 80.1 cm³/mol. The summed E-state index contributed by atoms with van der Waals surface area (Å²) in [5.74, 6) is 0.481. The number of hydrogen-bond acceptors (Lipinski definition) is 1. The second-order valence-corrected chi connectivity index (χ2v) is 5.08. The Morgan fingerprint density at radius 1 is 1.29 bits per heavy atom. The normalized spacial score (nSPS) is 14.6. The van der Waals surface area contributed by atoms with Crippen LogP contribution < -0.4 is 0 Å². The first kappa shape index (κ1) is 13.9. The van der Waals surface area contributed by atoms with E-state index in [0.717, 1.165) is 4.91 Å². The molecule has 1 N–H and O–H groups in total. The van der Waals surface area contributed by atoms with Gasteiger partial charge in [-0.15, -0.1) is 12.6 Å². The summed E-state index contributed by atoms with van der Waals surface area (Å²) in [7, 11) is 0. The summed E-state index contributed by atoms with van der Waals surface area (Å²) in [6.07, 6.45) is 10.3. The average Bonchev–Trinajstić information content (AvgIpc) is 2.78. The highest BCUT2D eigenvalue weighted by Crippen LogP contribution is 2.18. The number of aromatic amines is 1. The number of hydrogen-bond donors (Lipinski definition) is 2. The molecule has 0 radical (unpaired) electrons. The topological polar surface area (TPSA) is 15.8 Å². The highest BCUT2D eigenvalue weighted by Gasteiger charge is 1.98. The average molecular weight is 247 g/mol. The van der Waals surface area contributed by atoms with Gasteiger partial charge in [-0.2, -0.15) is 0 Å². The lowest BCUT2D eigenvalue weighted by molar-refractivity contribution is 0.817. The Kier molecular flexibility index (Phi) is 5.36. The van der Waals surface area contributed by atoms with Gasteiger partial charge in [0.25, 0.3) is 0 Å². The van der Waals surface area contributed by atoms with Crippen LogP contribution in [0.2, 0.25) is 0 Å². The van der Waals surface area contributed by atoms with Crippen LogP contribution in [0.1, 0.15) is 33.3 Å². The van der Waals surface area contributed by atoms with Gasteiger partial charge >= 0.3 is 0 Å². The number of H-pyrrole nitrogens is 1. The molecular weight excluding hydrogens is 226 g/mol. The van der Waals surface area contributed by atoms with E-state index >= 15 is 0 Å². The molecule has 1 rings (SSSR count). The Morgan fingerprint density at radius 2 is 2.00 bits per heavy atom. The molecule has 0 fully saturated rings. The molecule has 0 aliphatic carbocycles. The first-order valence-corrected chi connectivity index (χ1v) is 6.34. The summed E-state index contributed by atoms with van der Waals surface area (Å²) in [5, 5.41) is 0. The Hall–Kier alpha value is -1.15. The lowest BCUT2D eigenvalue weighted by Gasteiger charge is -2.05. The minimum Gasteiger partial charge on any atom is -0.367 e. The van der Waals surface area contributed by atoms with Gasteiger partial charge in [-0.05, 0) is 53.5 Å². The smallest absolute Gasteiger partial charge is 0.00781 e. The minimum absolute atomic E-state index is 0.481. The number of allylic oxidation sites excluding steroid dienone is 5. The van der Waals surface area contributed by atoms with Crippen LogP contribution in [0, 0.1) is 5.92 Å². The maximum Gasteiger partial charge on any atom is 0.00781 e. The molecule has 1 heterocycles. The van der Waals surface area contributed by atoms with Crippen molar-refractivity contribution in [2.24, 2.45) is 5.92 Å². The molecule has 1 aromatic rings. The second kappa shape index (κ2) is 6.55. The zero-order valence-corrected chi connectivity index (χ0v) is 11.9. The monoisotopic (exact) mass is 247 g/mol. The molecule has 0 amide bonds. The van der Waals surface area contributed by atoms with Crippen molar-refractivity contribution in [1.82, 2.24) is 4.98 Å². The maximum absolute atomic E-state index is 4.48. The van der Waals surface area contributed by atoms with Crippen molar-refractivity contribution in [3.8, 4) is 0 Å². The van der Waals surface area contributed by atoms with E-state index in [-0.39, 0.29) is 0 Å². The number of aromatic nitrogens is 1. The van der Waals surface area contributed by atoms with Gasteiger partial charge in [0.2, 0.25) is 0 Å². The predicted octanol–water partition coefficient (Wildman–Crippen LogP) is 4.83. The van der Waals surface area contributed by atoms with Crippen molar-refractivity contribution in [1.29, 1.82) is 0 Å². The summed E-state index contributed by atoms with van der Waals surface area (Å²) >= 11 is 4.48. The minimum atomic E-state index is 0.481. The van der Waals surface area contributed by atoms with E-state index in [4.69, 9.17) is 0 Å². The molecule has 0 saturated heterocycles. The van der Waals surface area contributed by atoms with E-state index in [1.165, 1.54) is 16.7 Å². The van der Waals surface area contributed by atoms with Crippen LogP contribution >= 0.6 is 12.6 Å². The summed E-state index contributed by atoms with van der Waals surface area (Å²) in [6, 6.07) is 2.05. The number of nitrogens with one attached hydrogen (secondary N) is 1. The fraction of sp³-hybridized carbons (Fsp3) is 0.333. The third-order valence-electron chi connectivity index (χ3n) is 2.73. The van der Waals surface area contributed by atoms with Gasteiger partial charge in [-0.3, -0.25) is 0 Å². The second-order valence-electron chi connectivity index (χ2n) is 4.57. The molecule has 0 spiro atoms. The summed E-state index contributed by atoms with van der Waals surface area (Å²) in [5.41, 5.74) is 3.71. The molecule has 0 saturated carbocycles. The van der Waals surface area contributed by atoms with Gasteiger partial charge in [-0.25, -0.2) is 0 Å². The Morgan fingerprint density at radius 3 is 2.53 bits per heavy atom. The zero-order chi connectivity index (χ0) is 12.8. The SMILES string of the molecule is CC(/C=C\c1cc[nH]c1)=C(C)\C=C(/S)C(C)C. The molecule has 0 aliphatic heterocycles. The summed E-state index contributed by atoms with van der Waals surface area (Å²) < 4.78 is 0. The molecule has 0 aliphatic rings.